The number of pyridine rings is 1. The van der Waals surface area contributed by atoms with Crippen LogP contribution in [0.2, 0.25) is 0 Å². The summed E-state index contributed by atoms with van der Waals surface area (Å²) in [6, 6.07) is 15.7. The van der Waals surface area contributed by atoms with Gasteiger partial charge in [-0.25, -0.2) is 5.10 Å². The molecule has 0 spiro atoms. The molecule has 29 heavy (non-hydrogen) atoms. The van der Waals surface area contributed by atoms with Crippen molar-refractivity contribution in [3.8, 4) is 28.3 Å². The molecule has 1 atom stereocenters. The standard InChI is InChI=1S/C23H26N4O2/c1-17-6-4-13-27(17)14-5-15-29-19-10-8-18(9-11-19)23-20(16-22(28)25-26-23)21-7-2-3-12-24-21/h2-3,7-12,16-17H,4-6,13-15H2,1H3,(H,25,28)/t17-/m1/s1. The van der Waals surface area contributed by atoms with Crippen LogP contribution in [-0.4, -0.2) is 45.8 Å². The zero-order valence-electron chi connectivity index (χ0n) is 16.7. The number of benzene rings is 1. The Kier molecular flexibility index (Phi) is 6.00. The first-order valence-corrected chi connectivity index (χ1v) is 10.2. The Balaban J connectivity index is 1.42. The number of H-pyrrole nitrogens is 1. The summed E-state index contributed by atoms with van der Waals surface area (Å²) in [6.07, 6.45) is 5.35. The maximum absolute atomic E-state index is 11.8. The first-order chi connectivity index (χ1) is 14.2. The van der Waals surface area contributed by atoms with E-state index in [0.29, 0.717) is 23.9 Å². The predicted molar refractivity (Wildman–Crippen MR) is 114 cm³/mol. The zero-order chi connectivity index (χ0) is 20.1. The molecule has 6 nitrogen and oxygen atoms in total. The lowest BCUT2D eigenvalue weighted by Gasteiger charge is -2.20. The van der Waals surface area contributed by atoms with Gasteiger partial charge in [-0.05, 0) is 69.1 Å². The molecule has 3 aromatic rings. The Hall–Kier alpha value is -2.99. The highest BCUT2D eigenvalue weighted by Gasteiger charge is 2.19. The summed E-state index contributed by atoms with van der Waals surface area (Å²) in [6.45, 7) is 5.31. The van der Waals surface area contributed by atoms with Crippen molar-refractivity contribution in [2.24, 2.45) is 0 Å². The van der Waals surface area contributed by atoms with E-state index in [0.717, 1.165) is 30.0 Å². The van der Waals surface area contributed by atoms with E-state index in [9.17, 15) is 4.79 Å². The molecule has 0 radical (unpaired) electrons. The Morgan fingerprint density at radius 2 is 2.07 bits per heavy atom. The van der Waals surface area contributed by atoms with Crippen LogP contribution in [0.15, 0.2) is 59.5 Å². The number of aromatic amines is 1. The average molecular weight is 390 g/mol. The third kappa shape index (κ3) is 4.71. The molecule has 4 rings (SSSR count). The summed E-state index contributed by atoms with van der Waals surface area (Å²) in [5.41, 5.74) is 2.78. The van der Waals surface area contributed by atoms with Crippen LogP contribution in [0.3, 0.4) is 0 Å². The van der Waals surface area contributed by atoms with Gasteiger partial charge in [0, 0.05) is 36.0 Å². The molecule has 1 N–H and O–H groups in total. The van der Waals surface area contributed by atoms with Crippen LogP contribution >= 0.6 is 0 Å². The Labute approximate surface area is 170 Å². The van der Waals surface area contributed by atoms with Gasteiger partial charge < -0.3 is 9.64 Å². The smallest absolute Gasteiger partial charge is 0.264 e. The van der Waals surface area contributed by atoms with Gasteiger partial charge >= 0.3 is 0 Å². The average Bonchev–Trinajstić information content (AvgIpc) is 3.17. The van der Waals surface area contributed by atoms with E-state index in [1.165, 1.54) is 25.5 Å². The van der Waals surface area contributed by atoms with Gasteiger partial charge in [0.15, 0.2) is 0 Å². The fourth-order valence-corrected chi connectivity index (χ4v) is 3.83. The van der Waals surface area contributed by atoms with Gasteiger partial charge in [0.05, 0.1) is 12.3 Å². The fraction of sp³-hybridized carbons (Fsp3) is 0.348. The van der Waals surface area contributed by atoms with Gasteiger partial charge in [0.1, 0.15) is 11.4 Å². The highest BCUT2D eigenvalue weighted by Crippen LogP contribution is 2.28. The van der Waals surface area contributed by atoms with Gasteiger partial charge in [0.2, 0.25) is 0 Å². The van der Waals surface area contributed by atoms with Crippen molar-refractivity contribution in [3.05, 3.63) is 65.1 Å². The first-order valence-electron chi connectivity index (χ1n) is 10.2. The van der Waals surface area contributed by atoms with Crippen molar-refractivity contribution in [3.63, 3.8) is 0 Å². The van der Waals surface area contributed by atoms with Gasteiger partial charge in [-0.15, -0.1) is 0 Å². The Morgan fingerprint density at radius 3 is 2.79 bits per heavy atom. The second kappa shape index (κ2) is 9.01. The molecular formula is C23H26N4O2. The summed E-state index contributed by atoms with van der Waals surface area (Å²) < 4.78 is 5.91. The van der Waals surface area contributed by atoms with E-state index in [2.05, 4.69) is 27.0 Å². The maximum atomic E-state index is 11.8. The summed E-state index contributed by atoms with van der Waals surface area (Å²) in [5.74, 6) is 0.840. The fourth-order valence-electron chi connectivity index (χ4n) is 3.83. The second-order valence-corrected chi connectivity index (χ2v) is 7.46. The second-order valence-electron chi connectivity index (χ2n) is 7.46. The number of likely N-dealkylation sites (tertiary alicyclic amines) is 1. The van der Waals surface area contributed by atoms with E-state index in [1.807, 2.05) is 42.5 Å². The van der Waals surface area contributed by atoms with Gasteiger partial charge in [-0.1, -0.05) is 6.07 Å². The van der Waals surface area contributed by atoms with Crippen molar-refractivity contribution in [1.82, 2.24) is 20.1 Å². The van der Waals surface area contributed by atoms with E-state index in [1.54, 1.807) is 6.20 Å². The van der Waals surface area contributed by atoms with E-state index >= 15 is 0 Å². The Morgan fingerprint density at radius 1 is 1.21 bits per heavy atom. The summed E-state index contributed by atoms with van der Waals surface area (Å²) in [7, 11) is 0. The third-order valence-corrected chi connectivity index (χ3v) is 5.43. The summed E-state index contributed by atoms with van der Waals surface area (Å²) in [4.78, 5) is 18.7. The monoisotopic (exact) mass is 390 g/mol. The topological polar surface area (TPSA) is 71.1 Å². The van der Waals surface area contributed by atoms with Crippen LogP contribution < -0.4 is 10.3 Å². The number of nitrogens with zero attached hydrogens (tertiary/aromatic N) is 3. The summed E-state index contributed by atoms with van der Waals surface area (Å²) in [5, 5.41) is 6.78. The number of hydrogen-bond acceptors (Lipinski definition) is 5. The third-order valence-electron chi connectivity index (χ3n) is 5.43. The molecule has 1 aromatic carbocycles. The highest BCUT2D eigenvalue weighted by molar-refractivity contribution is 5.78. The van der Waals surface area contributed by atoms with Crippen LogP contribution in [0.25, 0.3) is 22.5 Å². The molecule has 6 heteroatoms. The van der Waals surface area contributed by atoms with Crippen LogP contribution in [0.5, 0.6) is 5.75 Å². The zero-order valence-corrected chi connectivity index (χ0v) is 16.7. The van der Waals surface area contributed by atoms with Gasteiger partial charge in [-0.2, -0.15) is 5.10 Å². The minimum Gasteiger partial charge on any atom is -0.494 e. The lowest BCUT2D eigenvalue weighted by Crippen LogP contribution is -2.28. The number of nitrogens with one attached hydrogen (secondary N) is 1. The van der Waals surface area contributed by atoms with Gasteiger partial charge in [-0.3, -0.25) is 9.78 Å². The highest BCUT2D eigenvalue weighted by atomic mass is 16.5. The number of hydrogen-bond donors (Lipinski definition) is 1. The number of rotatable bonds is 7. The van der Waals surface area contributed by atoms with Crippen LogP contribution in [0, 0.1) is 0 Å². The molecule has 1 aliphatic rings. The minimum atomic E-state index is -0.248. The molecule has 3 heterocycles. The van der Waals surface area contributed by atoms with Crippen LogP contribution in [0.1, 0.15) is 26.2 Å². The van der Waals surface area contributed by atoms with E-state index < -0.39 is 0 Å². The largest absolute Gasteiger partial charge is 0.494 e. The van der Waals surface area contributed by atoms with Crippen LogP contribution in [0.4, 0.5) is 0 Å². The van der Waals surface area contributed by atoms with Crippen molar-refractivity contribution >= 4 is 0 Å². The van der Waals surface area contributed by atoms with E-state index in [-0.39, 0.29) is 5.56 Å². The molecule has 0 amide bonds. The minimum absolute atomic E-state index is 0.248. The molecule has 0 saturated carbocycles. The first kappa shape index (κ1) is 19.3. The molecule has 1 saturated heterocycles. The summed E-state index contributed by atoms with van der Waals surface area (Å²) >= 11 is 0. The molecule has 150 valence electrons. The van der Waals surface area contributed by atoms with Crippen molar-refractivity contribution in [1.29, 1.82) is 0 Å². The number of aromatic nitrogens is 3. The Bertz CT molecular complexity index is 986. The lowest BCUT2D eigenvalue weighted by molar-refractivity contribution is 0.230. The quantitative estimate of drug-likeness (QED) is 0.622. The molecule has 2 aromatic heterocycles. The lowest BCUT2D eigenvalue weighted by atomic mass is 10.0. The molecule has 1 fully saturated rings. The normalized spacial score (nSPS) is 16.8. The van der Waals surface area contributed by atoms with Crippen molar-refractivity contribution < 1.29 is 4.74 Å². The van der Waals surface area contributed by atoms with Crippen molar-refractivity contribution in [2.45, 2.75) is 32.2 Å². The predicted octanol–water partition coefficient (Wildman–Crippen LogP) is 3.75. The molecule has 0 bridgehead atoms. The number of ether oxygens (including phenoxy) is 1. The van der Waals surface area contributed by atoms with Crippen molar-refractivity contribution in [2.75, 3.05) is 19.7 Å². The van der Waals surface area contributed by atoms with E-state index in [4.69, 9.17) is 4.74 Å². The van der Waals surface area contributed by atoms with Gasteiger partial charge in [0.25, 0.3) is 5.56 Å². The van der Waals surface area contributed by atoms with Crippen LogP contribution in [-0.2, 0) is 0 Å². The molecule has 0 unspecified atom stereocenters. The molecule has 0 aliphatic carbocycles. The molecule has 1 aliphatic heterocycles. The maximum Gasteiger partial charge on any atom is 0.264 e. The molecular weight excluding hydrogens is 364 g/mol. The SMILES string of the molecule is C[C@@H]1CCCN1CCCOc1ccc(-c2n[nH]c(=O)cc2-c2ccccn2)cc1.